The topological polar surface area (TPSA) is 88.8 Å². The highest BCUT2D eigenvalue weighted by atomic mass is 16.2. The van der Waals surface area contributed by atoms with Crippen molar-refractivity contribution in [3.8, 4) is 5.82 Å². The van der Waals surface area contributed by atoms with Gasteiger partial charge in [-0.05, 0) is 5.56 Å². The Kier molecular flexibility index (Phi) is 5.10. The number of benzene rings is 1. The van der Waals surface area contributed by atoms with Crippen LogP contribution < -0.4 is 5.32 Å². The van der Waals surface area contributed by atoms with E-state index in [1.54, 1.807) is 11.0 Å². The molecule has 1 aliphatic rings. The fraction of sp³-hybridized carbons (Fsp3) is 0.381. The van der Waals surface area contributed by atoms with Crippen molar-refractivity contribution in [2.45, 2.75) is 40.3 Å². The van der Waals surface area contributed by atoms with Crippen LogP contribution in [0.4, 0.5) is 5.95 Å². The first kappa shape index (κ1) is 19.2. The van der Waals surface area contributed by atoms with Crippen LogP contribution in [0.1, 0.15) is 37.6 Å². The van der Waals surface area contributed by atoms with Crippen LogP contribution in [-0.2, 0) is 24.3 Å². The molecule has 2 aromatic heterocycles. The zero-order valence-corrected chi connectivity index (χ0v) is 17.0. The molecule has 4 rings (SSSR count). The maximum absolute atomic E-state index is 12.4. The van der Waals surface area contributed by atoms with Gasteiger partial charge in [-0.15, -0.1) is 0 Å². The molecule has 0 saturated carbocycles. The van der Waals surface area contributed by atoms with Crippen molar-refractivity contribution in [2.24, 2.45) is 5.41 Å². The van der Waals surface area contributed by atoms with Gasteiger partial charge in [-0.1, -0.05) is 51.1 Å². The number of carbonyl (C=O) groups is 1. The summed E-state index contributed by atoms with van der Waals surface area (Å²) in [5.41, 5.74) is 2.71. The van der Waals surface area contributed by atoms with Crippen LogP contribution >= 0.6 is 0 Å². The highest BCUT2D eigenvalue weighted by Gasteiger charge is 2.26. The minimum atomic E-state index is -0.529. The second-order valence-corrected chi connectivity index (χ2v) is 8.29. The van der Waals surface area contributed by atoms with Crippen molar-refractivity contribution in [2.75, 3.05) is 11.9 Å². The molecule has 3 aromatic rings. The van der Waals surface area contributed by atoms with Crippen molar-refractivity contribution in [1.29, 1.82) is 0 Å². The standard InChI is InChI=1S/C21H25N7O/c1-21(2,3)19(29)26-20-24-17-9-10-27(11-15-7-5-4-6-8-15)12-16(17)18(25-20)28-14-22-13-23-28/h4-8,13-14H,9-12H2,1-3H3,(H,24,25,26,29). The number of fused-ring (bicyclic) bond motifs is 1. The van der Waals surface area contributed by atoms with E-state index in [-0.39, 0.29) is 5.91 Å². The Balaban J connectivity index is 1.65. The summed E-state index contributed by atoms with van der Waals surface area (Å²) in [6, 6.07) is 10.4. The van der Waals surface area contributed by atoms with Gasteiger partial charge in [0.25, 0.3) is 0 Å². The second kappa shape index (κ2) is 7.71. The smallest absolute Gasteiger partial charge is 0.232 e. The summed E-state index contributed by atoms with van der Waals surface area (Å²) >= 11 is 0. The molecule has 150 valence electrons. The van der Waals surface area contributed by atoms with Gasteiger partial charge in [-0.25, -0.2) is 14.6 Å². The molecule has 29 heavy (non-hydrogen) atoms. The zero-order chi connectivity index (χ0) is 20.4. The van der Waals surface area contributed by atoms with Crippen LogP contribution in [0.15, 0.2) is 43.0 Å². The molecule has 0 unspecified atom stereocenters. The molecule has 8 heteroatoms. The fourth-order valence-electron chi connectivity index (χ4n) is 3.28. The minimum Gasteiger partial charge on any atom is -0.294 e. The summed E-state index contributed by atoms with van der Waals surface area (Å²) in [5, 5.41) is 7.11. The zero-order valence-electron chi connectivity index (χ0n) is 17.0. The number of amides is 1. The first-order valence-electron chi connectivity index (χ1n) is 9.72. The van der Waals surface area contributed by atoms with E-state index in [9.17, 15) is 4.79 Å². The van der Waals surface area contributed by atoms with Crippen molar-refractivity contribution in [1.82, 2.24) is 29.6 Å². The Labute approximate surface area is 170 Å². The van der Waals surface area contributed by atoms with Crippen molar-refractivity contribution < 1.29 is 4.79 Å². The molecule has 1 N–H and O–H groups in total. The van der Waals surface area contributed by atoms with Crippen LogP contribution in [0.2, 0.25) is 0 Å². The summed E-state index contributed by atoms with van der Waals surface area (Å²) in [5.74, 6) is 0.851. The molecule has 0 fully saturated rings. The van der Waals surface area contributed by atoms with Gasteiger partial charge in [0.05, 0.1) is 5.69 Å². The maximum Gasteiger partial charge on any atom is 0.232 e. The highest BCUT2D eigenvalue weighted by Crippen LogP contribution is 2.26. The normalized spacial score (nSPS) is 14.4. The van der Waals surface area contributed by atoms with Crippen LogP contribution in [0, 0.1) is 5.41 Å². The molecule has 0 radical (unpaired) electrons. The average Bonchev–Trinajstić information content (AvgIpc) is 3.22. The number of hydrogen-bond acceptors (Lipinski definition) is 6. The Morgan fingerprint density at radius 1 is 1.17 bits per heavy atom. The summed E-state index contributed by atoms with van der Waals surface area (Å²) < 4.78 is 1.64. The molecule has 0 aliphatic carbocycles. The molecule has 0 atom stereocenters. The molecule has 0 spiro atoms. The number of nitrogens with one attached hydrogen (secondary N) is 1. The Morgan fingerprint density at radius 3 is 2.66 bits per heavy atom. The molecule has 1 aromatic carbocycles. The second-order valence-electron chi connectivity index (χ2n) is 8.29. The van der Waals surface area contributed by atoms with Gasteiger partial charge >= 0.3 is 0 Å². The monoisotopic (exact) mass is 391 g/mol. The third-order valence-electron chi connectivity index (χ3n) is 4.91. The van der Waals surface area contributed by atoms with Crippen molar-refractivity contribution in [3.63, 3.8) is 0 Å². The molecule has 1 aliphatic heterocycles. The van der Waals surface area contributed by atoms with Gasteiger partial charge in [0.15, 0.2) is 5.82 Å². The molecule has 8 nitrogen and oxygen atoms in total. The van der Waals surface area contributed by atoms with Gasteiger partial charge in [0.2, 0.25) is 11.9 Å². The van der Waals surface area contributed by atoms with Crippen molar-refractivity contribution in [3.05, 3.63) is 59.8 Å². The van der Waals surface area contributed by atoms with E-state index in [4.69, 9.17) is 0 Å². The summed E-state index contributed by atoms with van der Waals surface area (Å²) in [6.07, 6.45) is 3.88. The minimum absolute atomic E-state index is 0.122. The lowest BCUT2D eigenvalue weighted by molar-refractivity contribution is -0.123. The first-order valence-corrected chi connectivity index (χ1v) is 9.72. The molecular weight excluding hydrogens is 366 g/mol. The third-order valence-corrected chi connectivity index (χ3v) is 4.91. The lowest BCUT2D eigenvalue weighted by Gasteiger charge is -2.29. The number of aromatic nitrogens is 5. The van der Waals surface area contributed by atoms with Gasteiger partial charge in [0, 0.05) is 37.0 Å². The van der Waals surface area contributed by atoms with E-state index in [1.165, 1.54) is 11.9 Å². The van der Waals surface area contributed by atoms with E-state index in [0.29, 0.717) is 18.3 Å². The fourth-order valence-corrected chi connectivity index (χ4v) is 3.28. The van der Waals surface area contributed by atoms with Crippen LogP contribution in [0.3, 0.4) is 0 Å². The third kappa shape index (κ3) is 4.32. The summed E-state index contributed by atoms with van der Waals surface area (Å²) in [7, 11) is 0. The summed E-state index contributed by atoms with van der Waals surface area (Å²) in [6.45, 7) is 8.05. The molecule has 0 bridgehead atoms. The lowest BCUT2D eigenvalue weighted by Crippen LogP contribution is -2.33. The SMILES string of the molecule is CC(C)(C)C(=O)Nc1nc2c(c(-n3cncn3)n1)CN(Cc1ccccc1)CC2. The highest BCUT2D eigenvalue weighted by molar-refractivity contribution is 5.93. The first-order chi connectivity index (χ1) is 13.9. The number of hydrogen-bond donors (Lipinski definition) is 1. The maximum atomic E-state index is 12.4. The van der Waals surface area contributed by atoms with Crippen LogP contribution in [-0.4, -0.2) is 42.1 Å². The Bertz CT molecular complexity index is 994. The quantitative estimate of drug-likeness (QED) is 0.735. The van der Waals surface area contributed by atoms with Crippen molar-refractivity contribution >= 4 is 11.9 Å². The summed E-state index contributed by atoms with van der Waals surface area (Å²) in [4.78, 5) is 28.1. The van der Waals surface area contributed by atoms with Crippen LogP contribution in [0.5, 0.6) is 0 Å². The van der Waals surface area contributed by atoms with Gasteiger partial charge in [-0.3, -0.25) is 15.0 Å². The van der Waals surface area contributed by atoms with E-state index >= 15 is 0 Å². The Hall–Kier alpha value is -3.13. The molecule has 0 saturated heterocycles. The van der Waals surface area contributed by atoms with Gasteiger partial charge in [-0.2, -0.15) is 10.1 Å². The largest absolute Gasteiger partial charge is 0.294 e. The molecule has 3 heterocycles. The predicted molar refractivity (Wildman–Crippen MR) is 109 cm³/mol. The van der Waals surface area contributed by atoms with E-state index in [0.717, 1.165) is 30.8 Å². The Morgan fingerprint density at radius 2 is 1.97 bits per heavy atom. The number of anilines is 1. The molecular formula is C21H25N7O. The van der Waals surface area contributed by atoms with E-state index in [1.807, 2.05) is 26.8 Å². The van der Waals surface area contributed by atoms with E-state index < -0.39 is 5.41 Å². The number of rotatable bonds is 4. The lowest BCUT2D eigenvalue weighted by atomic mass is 9.96. The van der Waals surface area contributed by atoms with E-state index in [2.05, 4.69) is 54.5 Å². The van der Waals surface area contributed by atoms with Gasteiger partial charge in [0.1, 0.15) is 12.7 Å². The predicted octanol–water partition coefficient (Wildman–Crippen LogP) is 2.60. The average molecular weight is 391 g/mol. The number of carbonyl (C=O) groups excluding carboxylic acids is 1. The molecule has 1 amide bonds. The van der Waals surface area contributed by atoms with Crippen LogP contribution in [0.25, 0.3) is 5.82 Å². The van der Waals surface area contributed by atoms with Gasteiger partial charge < -0.3 is 0 Å². The number of nitrogens with zero attached hydrogens (tertiary/aromatic N) is 6.